The van der Waals surface area contributed by atoms with Crippen LogP contribution >= 0.6 is 0 Å². The summed E-state index contributed by atoms with van der Waals surface area (Å²) in [7, 11) is -0.274. The molecule has 1 unspecified atom stereocenters. The van der Waals surface area contributed by atoms with Crippen LogP contribution in [0, 0.1) is 12.3 Å². The molecule has 0 saturated heterocycles. The fourth-order valence-corrected chi connectivity index (χ4v) is 2.79. The van der Waals surface area contributed by atoms with E-state index >= 15 is 0 Å². The molecular weight excluding hydrogens is 228 g/mol. The molecule has 1 aliphatic rings. The number of hydrogen-bond acceptors (Lipinski definition) is 1. The zero-order valence-corrected chi connectivity index (χ0v) is 12.1. The van der Waals surface area contributed by atoms with Crippen LogP contribution in [0.5, 0.6) is 0 Å². The highest BCUT2D eigenvalue weighted by molar-refractivity contribution is 6.20. The van der Waals surface area contributed by atoms with Crippen LogP contribution in [-0.4, -0.2) is 20.5 Å². The zero-order chi connectivity index (χ0) is 12.5. The highest BCUT2D eigenvalue weighted by atomic mass is 28.3. The molecule has 1 N–H and O–H groups in total. The van der Waals surface area contributed by atoms with Crippen molar-refractivity contribution in [3.8, 4) is 0 Å². The first kappa shape index (κ1) is 12.4. The summed E-state index contributed by atoms with van der Waals surface area (Å²) in [6.45, 7) is 8.75. The largest absolute Gasteiger partial charge is 0.648 e. The third-order valence-electron chi connectivity index (χ3n) is 2.93. The van der Waals surface area contributed by atoms with E-state index in [1.54, 1.807) is 0 Å². The van der Waals surface area contributed by atoms with Gasteiger partial charge >= 0.3 is 10.0 Å². The van der Waals surface area contributed by atoms with Crippen LogP contribution in [0.4, 0.5) is 0 Å². The summed E-state index contributed by atoms with van der Waals surface area (Å²) in [4.78, 5) is 0. The average molecular weight is 248 g/mol. The second kappa shape index (κ2) is 4.67. The molecule has 1 aromatic carbocycles. The van der Waals surface area contributed by atoms with E-state index in [1.807, 2.05) is 0 Å². The van der Waals surface area contributed by atoms with Crippen molar-refractivity contribution in [2.75, 3.05) is 0 Å². The van der Waals surface area contributed by atoms with E-state index in [2.05, 4.69) is 62.5 Å². The van der Waals surface area contributed by atoms with E-state index in [1.165, 1.54) is 5.56 Å². The molecule has 0 amide bonds. The third kappa shape index (κ3) is 2.99. The van der Waals surface area contributed by atoms with E-state index in [-0.39, 0.29) is 21.5 Å². The highest BCUT2D eigenvalue weighted by Gasteiger charge is 2.28. The lowest BCUT2D eigenvalue weighted by Crippen LogP contribution is -2.36. The summed E-state index contributed by atoms with van der Waals surface area (Å²) in [6, 6.07) is 8.47. The van der Waals surface area contributed by atoms with Gasteiger partial charge in [0.2, 0.25) is 0 Å². The van der Waals surface area contributed by atoms with E-state index in [0.29, 0.717) is 0 Å². The van der Waals surface area contributed by atoms with Gasteiger partial charge in [-0.2, -0.15) is 0 Å². The maximum absolute atomic E-state index is 5.71. The van der Waals surface area contributed by atoms with Crippen LogP contribution < -0.4 is 0 Å². The fraction of sp³-hybridized carbons (Fsp3) is 0.429. The van der Waals surface area contributed by atoms with Crippen molar-refractivity contribution in [2.24, 2.45) is 5.41 Å². The Morgan fingerprint density at radius 1 is 1.18 bits per heavy atom. The van der Waals surface area contributed by atoms with Crippen molar-refractivity contribution >= 4 is 15.8 Å². The van der Waals surface area contributed by atoms with E-state index in [0.717, 1.165) is 11.3 Å². The smallest absolute Gasteiger partial charge is 0.367 e. The van der Waals surface area contributed by atoms with Gasteiger partial charge in [0.05, 0.1) is 5.76 Å². The molecule has 0 spiro atoms. The van der Waals surface area contributed by atoms with Crippen molar-refractivity contribution in [3.63, 3.8) is 0 Å². The number of aliphatic hydroxyl groups is 1. The molecule has 0 saturated carbocycles. The minimum absolute atomic E-state index is 0.173. The molecule has 2 nitrogen and oxygen atoms in total. The van der Waals surface area contributed by atoms with Crippen LogP contribution in [0.15, 0.2) is 30.3 Å². The Morgan fingerprint density at radius 2 is 1.82 bits per heavy atom. The molecular formula is C14H20O2Si. The van der Waals surface area contributed by atoms with Gasteiger partial charge in [0.25, 0.3) is 0 Å². The lowest BCUT2D eigenvalue weighted by Gasteiger charge is -2.35. The van der Waals surface area contributed by atoms with Gasteiger partial charge in [0, 0.05) is 17.1 Å². The van der Waals surface area contributed by atoms with Gasteiger partial charge in [-0.3, -0.25) is 0 Å². The monoisotopic (exact) mass is 248 g/mol. The lowest BCUT2D eigenvalue weighted by atomic mass is 9.88. The van der Waals surface area contributed by atoms with Crippen molar-refractivity contribution < 1.29 is 8.85 Å². The second-order valence-corrected chi connectivity index (χ2v) is 6.32. The van der Waals surface area contributed by atoms with E-state index < -0.39 is 0 Å². The summed E-state index contributed by atoms with van der Waals surface area (Å²) < 4.78 is 10.3. The lowest BCUT2D eigenvalue weighted by molar-refractivity contribution is -0.0148. The SMILES string of the molecule is Cc1ccc(C2=CC(C(C)(C)C)[OH+][SiH-]O2)cc1. The van der Waals surface area contributed by atoms with Crippen molar-refractivity contribution in [2.45, 2.75) is 33.8 Å². The fourth-order valence-electron chi connectivity index (χ4n) is 1.73. The molecule has 0 radical (unpaired) electrons. The van der Waals surface area contributed by atoms with E-state index in [9.17, 15) is 0 Å². The number of benzene rings is 1. The Morgan fingerprint density at radius 3 is 2.41 bits per heavy atom. The standard InChI is InChI=1S/C14H20O2Si/c1-10-5-7-11(8-6-10)12-9-13(14(2,3)4)16-17-15-12/h5-9,13,16-17H,1-4H3. The van der Waals surface area contributed by atoms with Crippen LogP contribution in [0.3, 0.4) is 0 Å². The Bertz CT molecular complexity index is 415. The average Bonchev–Trinajstić information content (AvgIpc) is 2.29. The molecule has 0 aliphatic carbocycles. The summed E-state index contributed by atoms with van der Waals surface area (Å²) in [5.41, 5.74) is 2.61. The number of rotatable bonds is 1. The van der Waals surface area contributed by atoms with Gasteiger partial charge in [-0.25, -0.2) is 0 Å². The molecule has 2 rings (SSSR count). The van der Waals surface area contributed by atoms with Crippen molar-refractivity contribution in [1.82, 2.24) is 0 Å². The molecule has 1 atom stereocenters. The molecule has 1 heterocycles. The first-order valence-electron chi connectivity index (χ1n) is 5.94. The van der Waals surface area contributed by atoms with Crippen molar-refractivity contribution in [1.29, 1.82) is 0 Å². The topological polar surface area (TPSA) is 22.0 Å². The predicted octanol–water partition coefficient (Wildman–Crippen LogP) is 2.58. The quantitative estimate of drug-likeness (QED) is 0.553. The Kier molecular flexibility index (Phi) is 3.40. The molecule has 1 aromatic rings. The normalized spacial score (nSPS) is 20.7. The minimum atomic E-state index is -0.274. The first-order chi connectivity index (χ1) is 7.97. The molecule has 92 valence electrons. The van der Waals surface area contributed by atoms with Crippen LogP contribution in [-0.2, 0) is 4.43 Å². The van der Waals surface area contributed by atoms with Crippen LogP contribution in [0.2, 0.25) is 0 Å². The van der Waals surface area contributed by atoms with Gasteiger partial charge in [-0.05, 0) is 6.92 Å². The zero-order valence-electron chi connectivity index (χ0n) is 10.9. The van der Waals surface area contributed by atoms with Crippen LogP contribution in [0.25, 0.3) is 5.76 Å². The Labute approximate surface area is 106 Å². The Balaban J connectivity index is 2.26. The molecule has 1 aliphatic heterocycles. The Hall–Kier alpha value is -1.06. The second-order valence-electron chi connectivity index (χ2n) is 5.58. The predicted molar refractivity (Wildman–Crippen MR) is 72.9 cm³/mol. The highest BCUT2D eigenvalue weighted by Crippen LogP contribution is 2.28. The van der Waals surface area contributed by atoms with Gasteiger partial charge < -0.3 is 8.85 Å². The third-order valence-corrected chi connectivity index (χ3v) is 3.74. The van der Waals surface area contributed by atoms with Gasteiger partial charge in [-0.1, -0.05) is 50.6 Å². The summed E-state index contributed by atoms with van der Waals surface area (Å²) in [5.74, 6) is 0.995. The van der Waals surface area contributed by atoms with Crippen molar-refractivity contribution in [3.05, 3.63) is 41.5 Å². The summed E-state index contributed by atoms with van der Waals surface area (Å²) in [6.07, 6.45) is 2.42. The van der Waals surface area contributed by atoms with Crippen LogP contribution in [0.1, 0.15) is 31.9 Å². The minimum Gasteiger partial charge on any atom is -0.648 e. The summed E-state index contributed by atoms with van der Waals surface area (Å²) in [5, 5.41) is 0. The van der Waals surface area contributed by atoms with E-state index in [4.69, 9.17) is 4.43 Å². The number of hydrogen-bond donors (Lipinski definition) is 0. The van der Waals surface area contributed by atoms with Gasteiger partial charge in [0.1, 0.15) is 6.10 Å². The summed E-state index contributed by atoms with van der Waals surface area (Å²) >= 11 is 0. The molecule has 17 heavy (non-hydrogen) atoms. The van der Waals surface area contributed by atoms with Gasteiger partial charge in [0.15, 0.2) is 0 Å². The molecule has 0 fully saturated rings. The molecule has 0 aromatic heterocycles. The number of aryl methyl sites for hydroxylation is 1. The van der Waals surface area contributed by atoms with Gasteiger partial charge in [-0.15, -0.1) is 0 Å². The maximum Gasteiger partial charge on any atom is 0.367 e. The molecule has 3 heteroatoms. The first-order valence-corrected chi connectivity index (χ1v) is 6.93. The molecule has 0 bridgehead atoms. The maximum atomic E-state index is 5.71.